The summed E-state index contributed by atoms with van der Waals surface area (Å²) in [7, 11) is 1.72. The Morgan fingerprint density at radius 2 is 1.74 bits per heavy atom. The molecule has 19 heavy (non-hydrogen) atoms. The van der Waals surface area contributed by atoms with Crippen LogP contribution in [0.1, 0.15) is 22.3 Å². The Morgan fingerprint density at radius 3 is 2.37 bits per heavy atom. The van der Waals surface area contributed by atoms with Gasteiger partial charge in [-0.25, -0.2) is 0 Å². The topological polar surface area (TPSA) is 35.2 Å². The minimum absolute atomic E-state index is 0.556. The highest BCUT2D eigenvalue weighted by molar-refractivity contribution is 5.77. The maximum atomic E-state index is 5.75. The van der Waals surface area contributed by atoms with Crippen molar-refractivity contribution in [1.82, 2.24) is 0 Å². The van der Waals surface area contributed by atoms with Crippen LogP contribution in [0, 0.1) is 20.8 Å². The Bertz CT molecular complexity index is 602. The van der Waals surface area contributed by atoms with Gasteiger partial charge in [0.2, 0.25) is 0 Å². The first kappa shape index (κ1) is 13.6. The molecule has 0 bridgehead atoms. The standard InChI is InChI=1S/C17H21NO/c1-11-7-13(3)17(16(8-11)19-4)15-9-14(10-18)6-5-12(15)2/h5-9H,10,18H2,1-4H3. The molecule has 0 saturated heterocycles. The lowest BCUT2D eigenvalue weighted by atomic mass is 9.93. The number of ether oxygens (including phenoxy) is 1. The Labute approximate surface area is 115 Å². The van der Waals surface area contributed by atoms with E-state index in [-0.39, 0.29) is 0 Å². The van der Waals surface area contributed by atoms with Gasteiger partial charge in [0.25, 0.3) is 0 Å². The summed E-state index contributed by atoms with van der Waals surface area (Å²) in [6.07, 6.45) is 0. The number of rotatable bonds is 3. The van der Waals surface area contributed by atoms with Crippen molar-refractivity contribution >= 4 is 0 Å². The second kappa shape index (κ2) is 5.45. The van der Waals surface area contributed by atoms with E-state index in [1.165, 1.54) is 27.8 Å². The van der Waals surface area contributed by atoms with Gasteiger partial charge in [-0.1, -0.05) is 18.2 Å². The van der Waals surface area contributed by atoms with E-state index in [4.69, 9.17) is 10.5 Å². The third kappa shape index (κ3) is 2.64. The molecular weight excluding hydrogens is 234 g/mol. The van der Waals surface area contributed by atoms with Crippen molar-refractivity contribution in [3.8, 4) is 16.9 Å². The highest BCUT2D eigenvalue weighted by Gasteiger charge is 2.12. The lowest BCUT2D eigenvalue weighted by molar-refractivity contribution is 0.416. The summed E-state index contributed by atoms with van der Waals surface area (Å²) in [5.74, 6) is 0.926. The quantitative estimate of drug-likeness (QED) is 0.906. The molecule has 0 atom stereocenters. The average molecular weight is 255 g/mol. The Hall–Kier alpha value is -1.80. The molecule has 0 aliphatic carbocycles. The van der Waals surface area contributed by atoms with Crippen molar-refractivity contribution in [3.63, 3.8) is 0 Å². The maximum Gasteiger partial charge on any atom is 0.127 e. The van der Waals surface area contributed by atoms with Gasteiger partial charge in [0, 0.05) is 12.1 Å². The van der Waals surface area contributed by atoms with E-state index in [0.29, 0.717) is 6.54 Å². The fourth-order valence-corrected chi connectivity index (χ4v) is 2.50. The SMILES string of the molecule is COc1cc(C)cc(C)c1-c1cc(CN)ccc1C. The normalized spacial score (nSPS) is 10.6. The zero-order chi connectivity index (χ0) is 14.0. The van der Waals surface area contributed by atoms with Crippen LogP contribution in [0.3, 0.4) is 0 Å². The van der Waals surface area contributed by atoms with E-state index in [1.54, 1.807) is 7.11 Å². The molecule has 0 aliphatic rings. The van der Waals surface area contributed by atoms with Crippen molar-refractivity contribution in [2.24, 2.45) is 5.73 Å². The van der Waals surface area contributed by atoms with E-state index in [9.17, 15) is 0 Å². The molecule has 2 N–H and O–H groups in total. The first-order valence-electron chi connectivity index (χ1n) is 6.52. The maximum absolute atomic E-state index is 5.75. The van der Waals surface area contributed by atoms with Gasteiger partial charge in [-0.2, -0.15) is 0 Å². The molecule has 2 heteroatoms. The summed E-state index contributed by atoms with van der Waals surface area (Å²) in [5.41, 5.74) is 12.9. The van der Waals surface area contributed by atoms with Gasteiger partial charge in [0.15, 0.2) is 0 Å². The van der Waals surface area contributed by atoms with Gasteiger partial charge in [-0.15, -0.1) is 0 Å². The molecule has 0 aliphatic heterocycles. The van der Waals surface area contributed by atoms with Crippen LogP contribution in [-0.4, -0.2) is 7.11 Å². The van der Waals surface area contributed by atoms with Crippen LogP contribution in [0.5, 0.6) is 5.75 Å². The molecule has 0 amide bonds. The molecule has 0 aromatic heterocycles. The van der Waals surface area contributed by atoms with E-state index < -0.39 is 0 Å². The lowest BCUT2D eigenvalue weighted by Crippen LogP contribution is -1.99. The summed E-state index contributed by atoms with van der Waals surface area (Å²) in [6, 6.07) is 10.6. The summed E-state index contributed by atoms with van der Waals surface area (Å²) in [5, 5.41) is 0. The van der Waals surface area contributed by atoms with Crippen LogP contribution in [0.4, 0.5) is 0 Å². The number of benzene rings is 2. The second-order valence-electron chi connectivity index (χ2n) is 5.01. The van der Waals surface area contributed by atoms with Gasteiger partial charge < -0.3 is 10.5 Å². The van der Waals surface area contributed by atoms with E-state index >= 15 is 0 Å². The van der Waals surface area contributed by atoms with Crippen molar-refractivity contribution in [2.45, 2.75) is 27.3 Å². The van der Waals surface area contributed by atoms with Gasteiger partial charge >= 0.3 is 0 Å². The van der Waals surface area contributed by atoms with E-state index in [2.05, 4.69) is 51.1 Å². The zero-order valence-electron chi connectivity index (χ0n) is 12.1. The fourth-order valence-electron chi connectivity index (χ4n) is 2.50. The van der Waals surface area contributed by atoms with Crippen LogP contribution < -0.4 is 10.5 Å². The van der Waals surface area contributed by atoms with Crippen LogP contribution in [0.15, 0.2) is 30.3 Å². The van der Waals surface area contributed by atoms with Crippen molar-refractivity contribution in [2.75, 3.05) is 7.11 Å². The van der Waals surface area contributed by atoms with E-state index in [1.807, 2.05) is 0 Å². The highest BCUT2D eigenvalue weighted by Crippen LogP contribution is 2.36. The molecular formula is C17H21NO. The Kier molecular flexibility index (Phi) is 3.91. The number of methoxy groups -OCH3 is 1. The molecule has 0 spiro atoms. The number of hydrogen-bond donors (Lipinski definition) is 1. The van der Waals surface area contributed by atoms with Gasteiger partial charge in [0.05, 0.1) is 7.11 Å². The third-order valence-electron chi connectivity index (χ3n) is 3.47. The predicted molar refractivity (Wildman–Crippen MR) is 80.5 cm³/mol. The summed E-state index contributed by atoms with van der Waals surface area (Å²) >= 11 is 0. The van der Waals surface area contributed by atoms with Crippen molar-refractivity contribution < 1.29 is 4.74 Å². The first-order chi connectivity index (χ1) is 9.06. The molecule has 0 unspecified atom stereocenters. The summed E-state index contributed by atoms with van der Waals surface area (Å²) < 4.78 is 5.56. The molecule has 0 fully saturated rings. The molecule has 2 aromatic carbocycles. The molecule has 0 radical (unpaired) electrons. The smallest absolute Gasteiger partial charge is 0.127 e. The van der Waals surface area contributed by atoms with Gasteiger partial charge in [-0.3, -0.25) is 0 Å². The van der Waals surface area contributed by atoms with Gasteiger partial charge in [-0.05, 0) is 60.7 Å². The molecule has 2 nitrogen and oxygen atoms in total. The van der Waals surface area contributed by atoms with Crippen molar-refractivity contribution in [3.05, 3.63) is 52.6 Å². The van der Waals surface area contributed by atoms with Crippen LogP contribution >= 0.6 is 0 Å². The number of hydrogen-bond acceptors (Lipinski definition) is 2. The molecule has 0 heterocycles. The summed E-state index contributed by atoms with van der Waals surface area (Å²) in [4.78, 5) is 0. The second-order valence-corrected chi connectivity index (χ2v) is 5.01. The minimum Gasteiger partial charge on any atom is -0.496 e. The Morgan fingerprint density at radius 1 is 1.00 bits per heavy atom. The molecule has 2 aromatic rings. The predicted octanol–water partition coefficient (Wildman–Crippen LogP) is 3.75. The highest BCUT2D eigenvalue weighted by atomic mass is 16.5. The van der Waals surface area contributed by atoms with Crippen LogP contribution in [0.25, 0.3) is 11.1 Å². The largest absolute Gasteiger partial charge is 0.496 e. The fraction of sp³-hybridized carbons (Fsp3) is 0.294. The Balaban J connectivity index is 2.70. The molecule has 0 saturated carbocycles. The zero-order valence-corrected chi connectivity index (χ0v) is 12.1. The molecule has 2 rings (SSSR count). The third-order valence-corrected chi connectivity index (χ3v) is 3.47. The monoisotopic (exact) mass is 255 g/mol. The minimum atomic E-state index is 0.556. The number of aryl methyl sites for hydroxylation is 3. The van der Waals surface area contributed by atoms with Crippen molar-refractivity contribution in [1.29, 1.82) is 0 Å². The van der Waals surface area contributed by atoms with E-state index in [0.717, 1.165) is 11.3 Å². The average Bonchev–Trinajstić information content (AvgIpc) is 2.39. The first-order valence-corrected chi connectivity index (χ1v) is 6.52. The lowest BCUT2D eigenvalue weighted by Gasteiger charge is -2.16. The number of nitrogens with two attached hydrogens (primary N) is 1. The molecule has 100 valence electrons. The van der Waals surface area contributed by atoms with Crippen LogP contribution in [0.2, 0.25) is 0 Å². The van der Waals surface area contributed by atoms with Gasteiger partial charge in [0.1, 0.15) is 5.75 Å². The van der Waals surface area contributed by atoms with Crippen LogP contribution in [-0.2, 0) is 6.54 Å². The summed E-state index contributed by atoms with van der Waals surface area (Å²) in [6.45, 7) is 6.89.